The van der Waals surface area contributed by atoms with E-state index in [9.17, 15) is 123 Å². The topological polar surface area (TPSA) is 332 Å². The Morgan fingerprint density at radius 2 is 1.10 bits per heavy atom. The van der Waals surface area contributed by atoms with Crippen molar-refractivity contribution in [2.24, 2.45) is 4.30 Å². The van der Waals surface area contributed by atoms with Gasteiger partial charge in [-0.3, -0.25) is 19.2 Å². The number of nitrogens with zero attached hydrogens (tertiary/aromatic N) is 9. The van der Waals surface area contributed by atoms with Gasteiger partial charge in [0, 0.05) is 6.07 Å². The van der Waals surface area contributed by atoms with Gasteiger partial charge in [0.2, 0.25) is 20.8 Å². The van der Waals surface area contributed by atoms with Gasteiger partial charge in [-0.1, -0.05) is 41.4 Å². The summed E-state index contributed by atoms with van der Waals surface area (Å²) >= 11 is 1.86. The Morgan fingerprint density at radius 3 is 1.41 bits per heavy atom. The van der Waals surface area contributed by atoms with E-state index in [1.807, 2.05) is 6.92 Å². The second-order valence-corrected chi connectivity index (χ2v) is 28.0. The maximum absolute atomic E-state index is 12.5. The van der Waals surface area contributed by atoms with E-state index in [0.29, 0.717) is 21.2 Å². The predicted molar refractivity (Wildman–Crippen MR) is 241 cm³/mol. The number of nitrogen functional groups attached to an aromatic ring is 1. The van der Waals surface area contributed by atoms with Crippen LogP contribution in [0.25, 0.3) is 9.92 Å². The maximum atomic E-state index is 12.5. The summed E-state index contributed by atoms with van der Waals surface area (Å²) in [7, 11) is -16.8. The van der Waals surface area contributed by atoms with Crippen LogP contribution in [0.15, 0.2) is 24.4 Å². The van der Waals surface area contributed by atoms with Crippen LogP contribution < -0.4 is 16.9 Å². The Kier molecular flexibility index (Phi) is 29.2. The molecular weight excluding hydrogens is 1460 g/mol. The monoisotopic (exact) mass is 1480 g/mol. The van der Waals surface area contributed by atoms with E-state index in [2.05, 4.69) is 82.7 Å². The van der Waals surface area contributed by atoms with Crippen molar-refractivity contribution in [3.05, 3.63) is 57.7 Å². The molecule has 52 heteroatoms. The first kappa shape index (κ1) is 77.1. The van der Waals surface area contributed by atoms with Crippen molar-refractivity contribution >= 4 is 150 Å². The fourth-order valence-electron chi connectivity index (χ4n) is 3.44. The van der Waals surface area contributed by atoms with Crippen molar-refractivity contribution in [1.82, 2.24) is 39.4 Å². The van der Waals surface area contributed by atoms with Crippen LogP contribution >= 0.6 is 62.8 Å². The molecule has 0 fully saturated rings. The molecule has 0 unspecified atom stereocenters. The first-order valence-corrected chi connectivity index (χ1v) is 29.6. The summed E-state index contributed by atoms with van der Waals surface area (Å²) in [5, 5.41) is 17.1. The minimum absolute atomic E-state index is 0. The number of aryl methyl sites for hydroxylation is 3. The standard InChI is InChI=1S/C7H3BrF3N3OS.C7H4F3N3OS.C6H7F3O3.C3H5N3S.3CHF3O3S.CH4.BHNS.In/c1-2-13-14-5(15)3(8)4(7(9,10)11)12-6(14)16-2;1-3-12-13-5(14)2-4(7(8,9)10)11-6(13)15-3;1-2-12-5(11)3-4(10)6(7,8)9;1-2-5-6-3(4)7-2;3*2-1(3,4)8(5,6)7;;1-2-3;/h1H3;2H,1H3;2-3H2,1H3;1H3,(H2,4,6);3*(H,5,6,7);1H4;3H;/q;;;;;;;;;+3/p-3. The van der Waals surface area contributed by atoms with Gasteiger partial charge in [-0.25, -0.2) is 9.97 Å². The number of rotatable bonds is 9. The van der Waals surface area contributed by atoms with Crippen LogP contribution in [0.4, 0.5) is 84.2 Å². The number of carbonyl (C=O) groups excluding carboxylic acids is 2. The van der Waals surface area contributed by atoms with Gasteiger partial charge in [0.1, 0.15) is 25.9 Å². The van der Waals surface area contributed by atoms with Crippen molar-refractivity contribution in [3.8, 4) is 0 Å². The number of esters is 1. The van der Waals surface area contributed by atoms with Gasteiger partial charge in [0.15, 0.2) is 11.4 Å². The number of hydrogen-bond donors (Lipinski definition) is 2. The van der Waals surface area contributed by atoms with E-state index in [-0.39, 0.29) is 24.0 Å². The third kappa shape index (κ3) is 25.0. The number of ether oxygens (including phenoxy) is 1. The summed E-state index contributed by atoms with van der Waals surface area (Å²) in [6.07, 6.45) is -15.5. The molecule has 5 aromatic heterocycles. The molecule has 0 atom stereocenters. The van der Waals surface area contributed by atoms with Crippen LogP contribution in [0, 0.1) is 20.8 Å². The number of anilines is 1. The van der Waals surface area contributed by atoms with Gasteiger partial charge in [0.25, 0.3) is 11.1 Å². The number of ketones is 1. The van der Waals surface area contributed by atoms with E-state index < -0.39 is 133 Å². The zero-order chi connectivity index (χ0) is 61.8. The summed E-state index contributed by atoms with van der Waals surface area (Å²) in [6.45, 7) is 6.44. The SMILES string of the molecule is C.CCOC(=O)CC(=O)C(F)(F)F.Cc1nn2c(=O)c(Br)c(C(F)(F)F)nc2s1.Cc1nn2c(=O)cc(C(F)(F)F)nc2s1.Cc1nnc(N)s1.O=S(=O)([O][In]([O]S(=O)(=O)C(F)(F)F)[O]S(=O)(=O)C(F)(F)F)C(F)(F)F.[B]=NS. The van der Waals surface area contributed by atoms with Crippen molar-refractivity contribution in [2.45, 2.75) is 76.6 Å². The molecule has 79 heavy (non-hydrogen) atoms. The van der Waals surface area contributed by atoms with Gasteiger partial charge < -0.3 is 10.5 Å². The summed E-state index contributed by atoms with van der Waals surface area (Å²) in [5.74, 6) is -3.24. The summed E-state index contributed by atoms with van der Waals surface area (Å²) in [4.78, 5) is 49.8. The molecule has 1 radical (unpaired) electrons. The van der Waals surface area contributed by atoms with Gasteiger partial charge in [-0.15, -0.1) is 10.2 Å². The van der Waals surface area contributed by atoms with Crippen molar-refractivity contribution < 1.29 is 126 Å². The molecule has 0 saturated carbocycles. The Bertz CT molecular complexity index is 3230. The number of hydrogen-bond acceptors (Lipinski definition) is 26. The second kappa shape index (κ2) is 29.9. The Labute approximate surface area is 463 Å². The molecule has 5 aromatic rings. The average molecular weight is 1480 g/mol. The van der Waals surface area contributed by atoms with E-state index in [1.165, 1.54) is 18.3 Å². The third-order valence-electron chi connectivity index (χ3n) is 6.30. The Balaban J connectivity index is 0. The van der Waals surface area contributed by atoms with E-state index in [0.717, 1.165) is 36.7 Å². The molecular formula is C27H24BBrF18InN10O14S7. The number of halogens is 19. The van der Waals surface area contributed by atoms with Crippen molar-refractivity contribution in [1.29, 1.82) is 0 Å². The van der Waals surface area contributed by atoms with Crippen LogP contribution in [0.2, 0.25) is 0 Å². The van der Waals surface area contributed by atoms with Gasteiger partial charge in [-0.05, 0) is 43.6 Å². The molecule has 0 amide bonds. The molecule has 0 aliphatic rings. The predicted octanol–water partition coefficient (Wildman–Crippen LogP) is 6.61. The number of aromatic nitrogens is 8. The Morgan fingerprint density at radius 1 is 0.709 bits per heavy atom. The quantitative estimate of drug-likeness (QED) is 0.0391. The second-order valence-electron chi connectivity index (χ2n) is 12.1. The van der Waals surface area contributed by atoms with Crippen LogP contribution in [-0.2, 0) is 63.9 Å². The molecule has 0 aliphatic heterocycles. The van der Waals surface area contributed by atoms with Gasteiger partial charge in [-0.2, -0.15) is 58.7 Å². The van der Waals surface area contributed by atoms with Crippen LogP contribution in [0.1, 0.15) is 47.2 Å². The van der Waals surface area contributed by atoms with Crippen LogP contribution in [0.3, 0.4) is 0 Å². The summed E-state index contributed by atoms with van der Waals surface area (Å²) in [5.41, 5.74) is -18.3. The molecule has 5 rings (SSSR count). The normalized spacial score (nSPS) is 12.3. The molecule has 2 N–H and O–H groups in total. The number of alkyl halides is 18. The van der Waals surface area contributed by atoms with Gasteiger partial charge in [0.05, 0.1) is 6.61 Å². The fraction of sp³-hybridized carbons (Fsp3) is 0.481. The van der Waals surface area contributed by atoms with E-state index >= 15 is 0 Å². The van der Waals surface area contributed by atoms with E-state index in [1.54, 1.807) is 13.8 Å². The minimum atomic E-state index is -7.19. The number of fused-ring (bicyclic) bond motifs is 2. The number of thiol groups is 1. The average Bonchev–Trinajstić information content (AvgIpc) is 3.93. The number of Topliss-reactive ketones (excluding diaryl/α,β-unsaturated/α-hetero) is 1. The summed E-state index contributed by atoms with van der Waals surface area (Å²) < 4.78 is 296. The summed E-state index contributed by atoms with van der Waals surface area (Å²) in [6, 6.07) is 0.437. The molecule has 0 bridgehead atoms. The first-order valence-electron chi connectivity index (χ1n) is 17.7. The first-order chi connectivity index (χ1) is 34.8. The molecule has 0 aliphatic carbocycles. The molecule has 24 nitrogen and oxygen atoms in total. The molecule has 0 aromatic carbocycles. The molecule has 0 saturated heterocycles. The fourth-order valence-corrected chi connectivity index (χ4v) is 17.8. The molecule has 447 valence electrons. The third-order valence-corrected chi connectivity index (χ3v) is 22.8. The van der Waals surface area contributed by atoms with Crippen molar-refractivity contribution in [2.75, 3.05) is 12.3 Å². The zero-order valence-electron chi connectivity index (χ0n) is 37.0. The molecule has 0 spiro atoms. The van der Waals surface area contributed by atoms with Gasteiger partial charge >= 0.3 is 191 Å². The van der Waals surface area contributed by atoms with Crippen LogP contribution in [0.5, 0.6) is 0 Å². The van der Waals surface area contributed by atoms with Crippen molar-refractivity contribution in [3.63, 3.8) is 0 Å². The zero-order valence-corrected chi connectivity index (χ0v) is 47.7. The number of carbonyl (C=O) groups is 2. The number of nitrogens with two attached hydrogens (primary N) is 1. The molecule has 5 heterocycles. The Hall–Kier alpha value is -3.92. The van der Waals surface area contributed by atoms with Crippen LogP contribution in [-0.4, -0.2) is 136 Å². The van der Waals surface area contributed by atoms with E-state index in [4.69, 9.17) is 5.73 Å².